The molecule has 1 fully saturated rings. The van der Waals surface area contributed by atoms with Crippen LogP contribution in [0.25, 0.3) is 0 Å². The summed E-state index contributed by atoms with van der Waals surface area (Å²) in [5, 5.41) is 3.57. The van der Waals surface area contributed by atoms with Crippen LogP contribution in [-0.2, 0) is 6.54 Å². The smallest absolute Gasteiger partial charge is 0.231 e. The maximum atomic E-state index is 5.36. The van der Waals surface area contributed by atoms with Crippen molar-refractivity contribution in [2.75, 3.05) is 18.3 Å². The Morgan fingerprint density at radius 3 is 3.12 bits per heavy atom. The van der Waals surface area contributed by atoms with Crippen LogP contribution in [-0.4, -0.2) is 24.3 Å². The van der Waals surface area contributed by atoms with Crippen LogP contribution in [0.1, 0.15) is 12.0 Å². The third kappa shape index (κ3) is 2.13. The Kier molecular flexibility index (Phi) is 2.93. The Morgan fingerprint density at radius 1 is 1.31 bits per heavy atom. The fourth-order valence-electron chi connectivity index (χ4n) is 2.01. The van der Waals surface area contributed by atoms with Gasteiger partial charge in [-0.15, -0.1) is 0 Å². The minimum absolute atomic E-state index is 0.353. The van der Waals surface area contributed by atoms with Crippen LogP contribution < -0.4 is 14.8 Å². The molecular formula is C12H15NO2S. The van der Waals surface area contributed by atoms with Gasteiger partial charge in [-0.3, -0.25) is 0 Å². The molecule has 0 amide bonds. The van der Waals surface area contributed by atoms with Crippen molar-refractivity contribution in [2.45, 2.75) is 19.0 Å². The SMILES string of the molecule is c1cc2c(cc1CNC1CCSC1)OCO2. The molecule has 1 unspecified atom stereocenters. The summed E-state index contributed by atoms with van der Waals surface area (Å²) in [4.78, 5) is 0. The number of nitrogens with one attached hydrogen (secondary N) is 1. The first-order valence-corrected chi connectivity index (χ1v) is 6.77. The Morgan fingerprint density at radius 2 is 2.25 bits per heavy atom. The highest BCUT2D eigenvalue weighted by Gasteiger charge is 2.16. The van der Waals surface area contributed by atoms with E-state index in [2.05, 4.69) is 17.4 Å². The molecule has 0 aliphatic carbocycles. The second-order valence-corrected chi connectivity index (χ2v) is 5.28. The largest absolute Gasteiger partial charge is 0.454 e. The molecule has 4 heteroatoms. The zero-order valence-electron chi connectivity index (χ0n) is 9.07. The summed E-state index contributed by atoms with van der Waals surface area (Å²) in [5.41, 5.74) is 1.26. The van der Waals surface area contributed by atoms with Crippen LogP contribution in [0.5, 0.6) is 11.5 Å². The van der Waals surface area contributed by atoms with E-state index in [0.29, 0.717) is 12.8 Å². The number of hydrogen-bond acceptors (Lipinski definition) is 4. The average Bonchev–Trinajstić information content (AvgIpc) is 2.97. The summed E-state index contributed by atoms with van der Waals surface area (Å²) >= 11 is 2.03. The molecule has 86 valence electrons. The normalized spacial score (nSPS) is 22.6. The quantitative estimate of drug-likeness (QED) is 0.871. The second-order valence-electron chi connectivity index (χ2n) is 4.13. The van der Waals surface area contributed by atoms with Crippen molar-refractivity contribution in [2.24, 2.45) is 0 Å². The van der Waals surface area contributed by atoms with E-state index in [-0.39, 0.29) is 0 Å². The van der Waals surface area contributed by atoms with E-state index in [1.54, 1.807) is 0 Å². The predicted molar refractivity (Wildman–Crippen MR) is 65.1 cm³/mol. The third-order valence-electron chi connectivity index (χ3n) is 2.96. The highest BCUT2D eigenvalue weighted by molar-refractivity contribution is 7.99. The third-order valence-corrected chi connectivity index (χ3v) is 4.12. The van der Waals surface area contributed by atoms with E-state index in [4.69, 9.17) is 9.47 Å². The minimum atomic E-state index is 0.353. The molecule has 1 aromatic carbocycles. The monoisotopic (exact) mass is 237 g/mol. The van der Waals surface area contributed by atoms with Gasteiger partial charge in [0.2, 0.25) is 6.79 Å². The van der Waals surface area contributed by atoms with Gasteiger partial charge in [-0.2, -0.15) is 11.8 Å². The molecule has 0 bridgehead atoms. The van der Waals surface area contributed by atoms with Gasteiger partial charge in [-0.25, -0.2) is 0 Å². The molecule has 16 heavy (non-hydrogen) atoms. The van der Waals surface area contributed by atoms with Crippen molar-refractivity contribution in [3.8, 4) is 11.5 Å². The summed E-state index contributed by atoms with van der Waals surface area (Å²) < 4.78 is 10.6. The lowest BCUT2D eigenvalue weighted by molar-refractivity contribution is 0.174. The predicted octanol–water partition coefficient (Wildman–Crippen LogP) is 2.01. The van der Waals surface area contributed by atoms with Crippen LogP contribution in [0.3, 0.4) is 0 Å². The van der Waals surface area contributed by atoms with Crippen molar-refractivity contribution in [1.29, 1.82) is 0 Å². The summed E-state index contributed by atoms with van der Waals surface area (Å²) in [5.74, 6) is 4.27. The van der Waals surface area contributed by atoms with Crippen molar-refractivity contribution in [1.82, 2.24) is 5.32 Å². The average molecular weight is 237 g/mol. The Balaban J connectivity index is 1.61. The molecular weight excluding hydrogens is 222 g/mol. The first-order valence-electron chi connectivity index (χ1n) is 5.61. The first kappa shape index (κ1) is 10.3. The second kappa shape index (κ2) is 4.55. The Bertz CT molecular complexity index is 377. The van der Waals surface area contributed by atoms with E-state index in [1.165, 1.54) is 23.5 Å². The highest BCUT2D eigenvalue weighted by Crippen LogP contribution is 2.32. The Hall–Kier alpha value is -0.870. The van der Waals surface area contributed by atoms with Gasteiger partial charge >= 0.3 is 0 Å². The van der Waals surface area contributed by atoms with Crippen molar-refractivity contribution in [3.05, 3.63) is 23.8 Å². The van der Waals surface area contributed by atoms with Gasteiger partial charge in [0.25, 0.3) is 0 Å². The molecule has 1 N–H and O–H groups in total. The topological polar surface area (TPSA) is 30.5 Å². The summed E-state index contributed by atoms with van der Waals surface area (Å²) in [7, 11) is 0. The molecule has 2 aliphatic heterocycles. The number of benzene rings is 1. The number of rotatable bonds is 3. The van der Waals surface area contributed by atoms with Crippen LogP contribution >= 0.6 is 11.8 Å². The molecule has 0 saturated carbocycles. The molecule has 3 nitrogen and oxygen atoms in total. The molecule has 0 spiro atoms. The van der Waals surface area contributed by atoms with Crippen LogP contribution in [0, 0.1) is 0 Å². The molecule has 1 saturated heterocycles. The summed E-state index contributed by atoms with van der Waals surface area (Å²) in [6.45, 7) is 1.27. The van der Waals surface area contributed by atoms with E-state index >= 15 is 0 Å². The van der Waals surface area contributed by atoms with Crippen molar-refractivity contribution in [3.63, 3.8) is 0 Å². The fourth-order valence-corrected chi connectivity index (χ4v) is 3.20. The van der Waals surface area contributed by atoms with Gasteiger partial charge in [0.1, 0.15) is 0 Å². The van der Waals surface area contributed by atoms with Gasteiger partial charge in [0.15, 0.2) is 11.5 Å². The van der Waals surface area contributed by atoms with Gasteiger partial charge in [0, 0.05) is 18.3 Å². The highest BCUT2D eigenvalue weighted by atomic mass is 32.2. The maximum Gasteiger partial charge on any atom is 0.231 e. The molecule has 0 aromatic heterocycles. The molecule has 3 rings (SSSR count). The van der Waals surface area contributed by atoms with E-state index in [9.17, 15) is 0 Å². The maximum absolute atomic E-state index is 5.36. The van der Waals surface area contributed by atoms with E-state index in [1.807, 2.05) is 17.8 Å². The van der Waals surface area contributed by atoms with Crippen molar-refractivity contribution < 1.29 is 9.47 Å². The van der Waals surface area contributed by atoms with Gasteiger partial charge < -0.3 is 14.8 Å². The van der Waals surface area contributed by atoms with E-state index < -0.39 is 0 Å². The lowest BCUT2D eigenvalue weighted by atomic mass is 10.2. The zero-order chi connectivity index (χ0) is 10.8. The minimum Gasteiger partial charge on any atom is -0.454 e. The van der Waals surface area contributed by atoms with Crippen LogP contribution in [0.2, 0.25) is 0 Å². The molecule has 1 aromatic rings. The van der Waals surface area contributed by atoms with E-state index in [0.717, 1.165) is 18.0 Å². The molecule has 1 atom stereocenters. The van der Waals surface area contributed by atoms with Gasteiger partial charge in [-0.05, 0) is 29.9 Å². The lowest BCUT2D eigenvalue weighted by Crippen LogP contribution is -2.27. The fraction of sp³-hybridized carbons (Fsp3) is 0.500. The first-order chi connectivity index (χ1) is 7.92. The molecule has 0 radical (unpaired) electrons. The van der Waals surface area contributed by atoms with Crippen molar-refractivity contribution >= 4 is 11.8 Å². The number of hydrogen-bond donors (Lipinski definition) is 1. The summed E-state index contributed by atoms with van der Waals surface area (Å²) in [6.07, 6.45) is 1.29. The number of ether oxygens (including phenoxy) is 2. The zero-order valence-corrected chi connectivity index (χ0v) is 9.89. The summed E-state index contributed by atoms with van der Waals surface area (Å²) in [6, 6.07) is 6.83. The van der Waals surface area contributed by atoms with Crippen LogP contribution in [0.4, 0.5) is 0 Å². The van der Waals surface area contributed by atoms with Gasteiger partial charge in [-0.1, -0.05) is 6.07 Å². The molecule has 2 heterocycles. The lowest BCUT2D eigenvalue weighted by Gasteiger charge is -2.11. The number of fused-ring (bicyclic) bond motifs is 1. The van der Waals surface area contributed by atoms with Crippen LogP contribution in [0.15, 0.2) is 18.2 Å². The molecule has 2 aliphatic rings. The standard InChI is InChI=1S/C12H15NO2S/c1-2-11-12(15-8-14-11)5-9(1)6-13-10-3-4-16-7-10/h1-2,5,10,13H,3-4,6-8H2. The Labute approximate surface area is 99.5 Å². The van der Waals surface area contributed by atoms with Gasteiger partial charge in [0.05, 0.1) is 0 Å². The number of thioether (sulfide) groups is 1.